The van der Waals surface area contributed by atoms with Crippen LogP contribution in [0, 0.1) is 10.1 Å². The van der Waals surface area contributed by atoms with Crippen molar-refractivity contribution in [2.45, 2.75) is 20.0 Å². The van der Waals surface area contributed by atoms with Crippen LogP contribution in [0.3, 0.4) is 0 Å². The molecule has 5 nitrogen and oxygen atoms in total. The molecule has 0 bridgehead atoms. The van der Waals surface area contributed by atoms with Gasteiger partial charge < -0.3 is 9.47 Å². The van der Waals surface area contributed by atoms with Crippen LogP contribution in [0.25, 0.3) is 6.08 Å². The van der Waals surface area contributed by atoms with Crippen molar-refractivity contribution >= 4 is 6.08 Å². The number of hydrogen-bond acceptors (Lipinski definition) is 4. The van der Waals surface area contributed by atoms with Gasteiger partial charge in [-0.3, -0.25) is 10.1 Å². The number of rotatable bonds is 5. The zero-order valence-electron chi connectivity index (χ0n) is 10.0. The number of benzene rings is 1. The lowest BCUT2D eigenvalue weighted by atomic mass is 10.2. The maximum absolute atomic E-state index is 10.2. The molecule has 0 amide bonds. The summed E-state index contributed by atoms with van der Waals surface area (Å²) in [6, 6.07) is 5.15. The van der Waals surface area contributed by atoms with E-state index in [1.165, 1.54) is 6.08 Å². The molecule has 0 atom stereocenters. The van der Waals surface area contributed by atoms with Gasteiger partial charge in [-0.15, -0.1) is 0 Å². The molecule has 0 aromatic heterocycles. The van der Waals surface area contributed by atoms with Crippen LogP contribution in [-0.4, -0.2) is 18.1 Å². The second-order valence-corrected chi connectivity index (χ2v) is 3.68. The van der Waals surface area contributed by atoms with Gasteiger partial charge in [0.15, 0.2) is 11.5 Å². The van der Waals surface area contributed by atoms with Crippen LogP contribution in [0.4, 0.5) is 0 Å². The fraction of sp³-hybridized carbons (Fsp3) is 0.333. The predicted molar refractivity (Wildman–Crippen MR) is 64.8 cm³/mol. The highest BCUT2D eigenvalue weighted by atomic mass is 16.6. The third-order valence-corrected chi connectivity index (χ3v) is 1.94. The highest BCUT2D eigenvalue weighted by Gasteiger charge is 2.06. The molecule has 0 saturated carbocycles. The average Bonchev–Trinajstić information content (AvgIpc) is 2.25. The van der Waals surface area contributed by atoms with Gasteiger partial charge in [0.2, 0.25) is 6.20 Å². The molecule has 0 spiro atoms. The standard InChI is InChI=1S/C12H15NO4/c1-9(2)17-12-8-10(6-7-13(14)15)4-5-11(12)16-3/h4-9H,1-3H3/b7-6+. The van der Waals surface area contributed by atoms with Crippen LogP contribution in [0.15, 0.2) is 24.4 Å². The molecule has 0 N–H and O–H groups in total. The van der Waals surface area contributed by atoms with Crippen molar-refractivity contribution in [3.8, 4) is 11.5 Å². The Labute approximate surface area is 99.8 Å². The van der Waals surface area contributed by atoms with Crippen molar-refractivity contribution in [1.82, 2.24) is 0 Å². The maximum atomic E-state index is 10.2. The number of hydrogen-bond donors (Lipinski definition) is 0. The van der Waals surface area contributed by atoms with Gasteiger partial charge in [-0.05, 0) is 31.5 Å². The minimum Gasteiger partial charge on any atom is -0.493 e. The second-order valence-electron chi connectivity index (χ2n) is 3.68. The minimum atomic E-state index is -0.507. The summed E-state index contributed by atoms with van der Waals surface area (Å²) in [6.07, 6.45) is 2.31. The van der Waals surface area contributed by atoms with Crippen LogP contribution < -0.4 is 9.47 Å². The number of nitro groups is 1. The van der Waals surface area contributed by atoms with Crippen molar-refractivity contribution in [3.05, 3.63) is 40.1 Å². The summed E-state index contributed by atoms with van der Waals surface area (Å²) < 4.78 is 10.7. The highest BCUT2D eigenvalue weighted by Crippen LogP contribution is 2.29. The van der Waals surface area contributed by atoms with E-state index in [-0.39, 0.29) is 6.10 Å². The van der Waals surface area contributed by atoms with Gasteiger partial charge >= 0.3 is 0 Å². The van der Waals surface area contributed by atoms with E-state index >= 15 is 0 Å². The first-order chi connectivity index (χ1) is 8.02. The zero-order chi connectivity index (χ0) is 12.8. The molecule has 5 heteroatoms. The van der Waals surface area contributed by atoms with Crippen LogP contribution >= 0.6 is 0 Å². The lowest BCUT2D eigenvalue weighted by molar-refractivity contribution is -0.400. The van der Waals surface area contributed by atoms with Gasteiger partial charge in [0, 0.05) is 6.08 Å². The van der Waals surface area contributed by atoms with E-state index in [0.717, 1.165) is 6.20 Å². The Balaban J connectivity index is 2.99. The Kier molecular flexibility index (Phi) is 4.51. The SMILES string of the molecule is COc1ccc(/C=C/[N+](=O)[O-])cc1OC(C)C. The molecule has 0 unspecified atom stereocenters. The highest BCUT2D eigenvalue weighted by molar-refractivity contribution is 5.55. The normalized spacial score (nSPS) is 10.8. The molecule has 1 aromatic rings. The number of ether oxygens (including phenoxy) is 2. The first-order valence-corrected chi connectivity index (χ1v) is 5.19. The van der Waals surface area contributed by atoms with Crippen molar-refractivity contribution in [2.75, 3.05) is 7.11 Å². The molecule has 1 rings (SSSR count). The van der Waals surface area contributed by atoms with E-state index < -0.39 is 4.92 Å². The summed E-state index contributed by atoms with van der Waals surface area (Å²) in [6.45, 7) is 3.80. The minimum absolute atomic E-state index is 0.0126. The van der Waals surface area contributed by atoms with Gasteiger partial charge in [0.25, 0.3) is 0 Å². The summed E-state index contributed by atoms with van der Waals surface area (Å²) in [5.41, 5.74) is 0.693. The summed E-state index contributed by atoms with van der Waals surface area (Å²) >= 11 is 0. The van der Waals surface area contributed by atoms with Crippen LogP contribution in [0.5, 0.6) is 11.5 Å². The smallest absolute Gasteiger partial charge is 0.235 e. The molecule has 0 fully saturated rings. The third-order valence-electron chi connectivity index (χ3n) is 1.94. The lowest BCUT2D eigenvalue weighted by Crippen LogP contribution is -2.06. The van der Waals surface area contributed by atoms with Gasteiger partial charge in [-0.2, -0.15) is 0 Å². The Bertz CT molecular complexity index is 427. The van der Waals surface area contributed by atoms with E-state index in [1.54, 1.807) is 25.3 Å². The van der Waals surface area contributed by atoms with Gasteiger partial charge in [0.1, 0.15) is 0 Å². The Morgan fingerprint density at radius 2 is 2.06 bits per heavy atom. The molecular formula is C12H15NO4. The van der Waals surface area contributed by atoms with E-state index in [9.17, 15) is 10.1 Å². The largest absolute Gasteiger partial charge is 0.493 e. The maximum Gasteiger partial charge on any atom is 0.235 e. The molecule has 0 aliphatic heterocycles. The summed E-state index contributed by atoms with van der Waals surface area (Å²) in [4.78, 5) is 9.71. The first-order valence-electron chi connectivity index (χ1n) is 5.19. The van der Waals surface area contributed by atoms with Crippen LogP contribution in [0.1, 0.15) is 19.4 Å². The summed E-state index contributed by atoms with van der Waals surface area (Å²) in [5, 5.41) is 10.2. The Hall–Kier alpha value is -2.04. The fourth-order valence-corrected chi connectivity index (χ4v) is 1.29. The Morgan fingerprint density at radius 3 is 2.59 bits per heavy atom. The van der Waals surface area contributed by atoms with Gasteiger partial charge in [-0.25, -0.2) is 0 Å². The zero-order valence-corrected chi connectivity index (χ0v) is 10.0. The average molecular weight is 237 g/mol. The first kappa shape index (κ1) is 13.0. The van der Waals surface area contributed by atoms with Crippen molar-refractivity contribution in [1.29, 1.82) is 0 Å². The van der Waals surface area contributed by atoms with Crippen LogP contribution in [-0.2, 0) is 0 Å². The van der Waals surface area contributed by atoms with Gasteiger partial charge in [-0.1, -0.05) is 6.07 Å². The van der Waals surface area contributed by atoms with E-state index in [4.69, 9.17) is 9.47 Å². The van der Waals surface area contributed by atoms with E-state index in [0.29, 0.717) is 17.1 Å². The van der Waals surface area contributed by atoms with Crippen molar-refractivity contribution in [3.63, 3.8) is 0 Å². The van der Waals surface area contributed by atoms with Crippen LogP contribution in [0.2, 0.25) is 0 Å². The predicted octanol–water partition coefficient (Wildman–Crippen LogP) is 2.73. The van der Waals surface area contributed by atoms with Crippen molar-refractivity contribution < 1.29 is 14.4 Å². The molecule has 92 valence electrons. The van der Waals surface area contributed by atoms with Crippen molar-refractivity contribution in [2.24, 2.45) is 0 Å². The molecular weight excluding hydrogens is 222 g/mol. The Morgan fingerprint density at radius 1 is 1.35 bits per heavy atom. The molecule has 17 heavy (non-hydrogen) atoms. The topological polar surface area (TPSA) is 61.6 Å². The number of methoxy groups -OCH3 is 1. The van der Waals surface area contributed by atoms with Gasteiger partial charge in [0.05, 0.1) is 18.1 Å². The molecule has 0 aliphatic carbocycles. The quantitative estimate of drug-likeness (QED) is 0.583. The molecule has 0 saturated heterocycles. The van der Waals surface area contributed by atoms with E-state index in [1.807, 2.05) is 13.8 Å². The summed E-state index contributed by atoms with van der Waals surface area (Å²) in [7, 11) is 1.55. The molecule has 0 heterocycles. The third kappa shape index (κ3) is 4.14. The number of nitrogens with zero attached hydrogens (tertiary/aromatic N) is 1. The molecule has 1 aromatic carbocycles. The van der Waals surface area contributed by atoms with E-state index in [2.05, 4.69) is 0 Å². The second kappa shape index (κ2) is 5.89. The molecule has 0 aliphatic rings. The molecule has 0 radical (unpaired) electrons. The fourth-order valence-electron chi connectivity index (χ4n) is 1.29. The monoisotopic (exact) mass is 237 g/mol. The lowest BCUT2D eigenvalue weighted by Gasteiger charge is -2.13. The summed E-state index contributed by atoms with van der Waals surface area (Å²) in [5.74, 6) is 1.19.